The van der Waals surface area contributed by atoms with E-state index in [-0.39, 0.29) is 19.4 Å². The van der Waals surface area contributed by atoms with Gasteiger partial charge < -0.3 is 4.90 Å². The number of hydroxylamine groups is 2. The van der Waals surface area contributed by atoms with Crippen molar-refractivity contribution in [3.05, 3.63) is 30.1 Å². The average molecular weight is 399 g/mol. The Bertz CT molecular complexity index is 847. The second-order valence-electron chi connectivity index (χ2n) is 6.09. The number of carbonyl (C=O) groups is 3. The van der Waals surface area contributed by atoms with Crippen LogP contribution in [0.4, 0.5) is 4.79 Å². The van der Waals surface area contributed by atoms with Gasteiger partial charge in [0.25, 0.3) is 5.91 Å². The first-order chi connectivity index (χ1) is 12.7. The van der Waals surface area contributed by atoms with Crippen molar-refractivity contribution < 1.29 is 31.6 Å². The van der Waals surface area contributed by atoms with Crippen LogP contribution >= 0.6 is 0 Å². The summed E-state index contributed by atoms with van der Waals surface area (Å²) in [6, 6.07) is 1.05. The third-order valence-electron chi connectivity index (χ3n) is 4.21. The number of aromatic nitrogens is 1. The zero-order valence-electron chi connectivity index (χ0n) is 13.9. The number of urea groups is 1. The largest absolute Gasteiger partial charge is 0.418 e. The fraction of sp³-hybridized carbons (Fsp3) is 0.429. The molecule has 2 atom stereocenters. The minimum atomic E-state index is -4.85. The van der Waals surface area contributed by atoms with E-state index in [0.29, 0.717) is 17.0 Å². The molecule has 146 valence electrons. The lowest BCUT2D eigenvalue weighted by atomic mass is 10.0. The Kier molecular flexibility index (Phi) is 5.25. The highest BCUT2D eigenvalue weighted by Gasteiger charge is 2.49. The average Bonchev–Trinajstić information content (AvgIpc) is 2.84. The van der Waals surface area contributed by atoms with Crippen LogP contribution < -0.4 is 10.9 Å². The molecule has 0 radical (unpaired) electrons. The number of hydrogen-bond acceptors (Lipinski definition) is 7. The predicted molar refractivity (Wildman–Crippen MR) is 87.6 cm³/mol. The van der Waals surface area contributed by atoms with E-state index in [1.165, 1.54) is 6.20 Å². The van der Waals surface area contributed by atoms with Gasteiger partial charge in [0.2, 0.25) is 5.91 Å². The van der Waals surface area contributed by atoms with Gasteiger partial charge in [-0.15, -0.1) is 4.28 Å². The lowest BCUT2D eigenvalue weighted by molar-refractivity contribution is -0.131. The molecule has 0 aromatic carbocycles. The summed E-state index contributed by atoms with van der Waals surface area (Å²) < 4.78 is 34.8. The van der Waals surface area contributed by atoms with Crippen molar-refractivity contribution in [3.63, 3.8) is 0 Å². The van der Waals surface area contributed by atoms with Crippen LogP contribution in [0.5, 0.6) is 0 Å². The molecule has 2 aliphatic heterocycles. The molecule has 1 aromatic rings. The van der Waals surface area contributed by atoms with E-state index in [9.17, 15) is 22.8 Å². The number of rotatable bonds is 5. The van der Waals surface area contributed by atoms with Gasteiger partial charge in [0.05, 0.1) is 12.5 Å². The fourth-order valence-electron chi connectivity index (χ4n) is 3.05. The number of hydrazine groups is 1. The highest BCUT2D eigenvalue weighted by atomic mass is 32.3. The maximum atomic E-state index is 12.3. The second-order valence-corrected chi connectivity index (χ2v) is 7.09. The van der Waals surface area contributed by atoms with E-state index in [4.69, 9.17) is 4.55 Å². The van der Waals surface area contributed by atoms with Crippen molar-refractivity contribution in [1.29, 1.82) is 0 Å². The Balaban J connectivity index is 1.55. The first kappa shape index (κ1) is 19.0. The molecule has 3 heterocycles. The van der Waals surface area contributed by atoms with Gasteiger partial charge in [0, 0.05) is 18.9 Å². The summed E-state index contributed by atoms with van der Waals surface area (Å²) in [6.45, 7) is 0.0655. The van der Waals surface area contributed by atoms with Crippen LogP contribution in [0.15, 0.2) is 24.5 Å². The number of piperidine rings is 1. The molecule has 0 spiro atoms. The van der Waals surface area contributed by atoms with E-state index in [1.807, 2.05) is 0 Å². The molecule has 0 saturated carbocycles. The van der Waals surface area contributed by atoms with E-state index >= 15 is 0 Å². The van der Waals surface area contributed by atoms with E-state index in [0.717, 1.165) is 4.90 Å². The Hall–Kier alpha value is -2.77. The molecule has 1 aromatic heterocycles. The van der Waals surface area contributed by atoms with Crippen LogP contribution in [-0.4, -0.2) is 64.4 Å². The lowest BCUT2D eigenvalue weighted by Crippen LogP contribution is -2.54. The van der Waals surface area contributed by atoms with E-state index < -0.39 is 40.3 Å². The third kappa shape index (κ3) is 4.50. The van der Waals surface area contributed by atoms with Gasteiger partial charge >= 0.3 is 16.4 Å². The van der Waals surface area contributed by atoms with E-state index in [2.05, 4.69) is 20.1 Å². The molecule has 2 fully saturated rings. The minimum Gasteiger partial charge on any atom is -0.309 e. The van der Waals surface area contributed by atoms with Crippen molar-refractivity contribution in [2.45, 2.75) is 31.3 Å². The molecule has 4 amide bonds. The number of pyridine rings is 1. The van der Waals surface area contributed by atoms with Gasteiger partial charge in [-0.05, 0) is 24.5 Å². The van der Waals surface area contributed by atoms with Crippen molar-refractivity contribution in [2.24, 2.45) is 0 Å². The summed E-state index contributed by atoms with van der Waals surface area (Å²) in [6.07, 6.45) is 3.64. The summed E-state index contributed by atoms with van der Waals surface area (Å²) in [5, 5.41) is 0.545. The zero-order valence-corrected chi connectivity index (χ0v) is 14.8. The SMILES string of the molecule is O=C(Cc1cccnc1)NNC(=O)[C@@H]1CCC2CN1C(=O)N2OS(=O)(=O)O. The normalized spacial score (nSPS) is 21.9. The Morgan fingerprint density at radius 3 is 2.78 bits per heavy atom. The van der Waals surface area contributed by atoms with Gasteiger partial charge in [0.15, 0.2) is 0 Å². The van der Waals surface area contributed by atoms with Gasteiger partial charge in [-0.2, -0.15) is 13.5 Å². The molecule has 3 N–H and O–H groups in total. The predicted octanol–water partition coefficient (Wildman–Crippen LogP) is -1.23. The first-order valence-electron chi connectivity index (χ1n) is 7.99. The summed E-state index contributed by atoms with van der Waals surface area (Å²) in [5.74, 6) is -1.08. The Morgan fingerprint density at radius 2 is 2.11 bits per heavy atom. The highest BCUT2D eigenvalue weighted by molar-refractivity contribution is 7.80. The molecule has 13 heteroatoms. The molecule has 1 unspecified atom stereocenters. The Morgan fingerprint density at radius 1 is 1.33 bits per heavy atom. The minimum absolute atomic E-state index is 0.0134. The zero-order chi connectivity index (χ0) is 19.6. The fourth-order valence-corrected chi connectivity index (χ4v) is 3.44. The smallest absolute Gasteiger partial charge is 0.309 e. The van der Waals surface area contributed by atoms with Gasteiger partial charge in [-0.25, -0.2) is 4.79 Å². The molecule has 3 rings (SSSR count). The number of nitrogens with zero attached hydrogens (tertiary/aromatic N) is 3. The molecular weight excluding hydrogens is 382 g/mol. The van der Waals surface area contributed by atoms with Crippen molar-refractivity contribution in [1.82, 2.24) is 25.8 Å². The standard InChI is InChI=1S/C14H17N5O7S/c20-12(6-9-2-1-5-15-7-9)16-17-13(21)11-4-3-10-8-18(11)14(22)19(10)26-27(23,24)25/h1-2,5,7,10-11H,3-4,6,8H2,(H,16,20)(H,17,21)(H,23,24,25)/t10?,11-/m0/s1. The van der Waals surface area contributed by atoms with Crippen LogP contribution in [0.25, 0.3) is 0 Å². The number of amides is 4. The van der Waals surface area contributed by atoms with Crippen LogP contribution in [0.1, 0.15) is 18.4 Å². The third-order valence-corrected chi connectivity index (χ3v) is 4.56. The monoisotopic (exact) mass is 399 g/mol. The molecular formula is C14H17N5O7S. The molecule has 2 saturated heterocycles. The summed E-state index contributed by atoms with van der Waals surface area (Å²) >= 11 is 0. The summed E-state index contributed by atoms with van der Waals surface area (Å²) in [5.41, 5.74) is 5.19. The molecule has 2 bridgehead atoms. The second kappa shape index (κ2) is 7.46. The maximum Gasteiger partial charge on any atom is 0.418 e. The van der Waals surface area contributed by atoms with Crippen molar-refractivity contribution >= 4 is 28.2 Å². The Labute approximate surface area is 154 Å². The summed E-state index contributed by atoms with van der Waals surface area (Å²) in [4.78, 5) is 41.4. The first-order valence-corrected chi connectivity index (χ1v) is 9.35. The topological polar surface area (TPSA) is 158 Å². The number of nitrogens with one attached hydrogen (secondary N) is 2. The molecule has 0 aliphatic carbocycles. The number of carbonyl (C=O) groups excluding carboxylic acids is 3. The van der Waals surface area contributed by atoms with Crippen LogP contribution in [0.3, 0.4) is 0 Å². The van der Waals surface area contributed by atoms with E-state index in [1.54, 1.807) is 18.3 Å². The maximum absolute atomic E-state index is 12.3. The van der Waals surface area contributed by atoms with Gasteiger partial charge in [-0.3, -0.25) is 30.0 Å². The highest BCUT2D eigenvalue weighted by Crippen LogP contribution is 2.30. The van der Waals surface area contributed by atoms with Crippen LogP contribution in [0, 0.1) is 0 Å². The molecule has 2 aliphatic rings. The quantitative estimate of drug-likeness (QED) is 0.410. The van der Waals surface area contributed by atoms with Crippen molar-refractivity contribution in [2.75, 3.05) is 6.54 Å². The van der Waals surface area contributed by atoms with Gasteiger partial charge in [-0.1, -0.05) is 6.07 Å². The van der Waals surface area contributed by atoms with Crippen LogP contribution in [-0.2, 0) is 30.7 Å². The molecule has 27 heavy (non-hydrogen) atoms. The number of fused-ring (bicyclic) bond motifs is 2. The molecule has 12 nitrogen and oxygen atoms in total. The van der Waals surface area contributed by atoms with Gasteiger partial charge in [0.1, 0.15) is 6.04 Å². The lowest BCUT2D eigenvalue weighted by Gasteiger charge is -2.29. The van der Waals surface area contributed by atoms with Crippen LogP contribution in [0.2, 0.25) is 0 Å². The number of hydrogen-bond donors (Lipinski definition) is 3. The van der Waals surface area contributed by atoms with Crippen molar-refractivity contribution in [3.8, 4) is 0 Å². The summed E-state index contributed by atoms with van der Waals surface area (Å²) in [7, 11) is -4.85.